The molecule has 1 saturated heterocycles. The maximum atomic E-state index is 9.29. The van der Waals surface area contributed by atoms with Crippen molar-refractivity contribution in [1.29, 1.82) is 0 Å². The lowest BCUT2D eigenvalue weighted by atomic mass is 10.2. The van der Waals surface area contributed by atoms with E-state index in [2.05, 4.69) is 20.1 Å². The van der Waals surface area contributed by atoms with Crippen LogP contribution in [-0.4, -0.2) is 61.7 Å². The van der Waals surface area contributed by atoms with Gasteiger partial charge in [0.15, 0.2) is 0 Å². The molecule has 1 aliphatic heterocycles. The summed E-state index contributed by atoms with van der Waals surface area (Å²) in [7, 11) is 0. The summed E-state index contributed by atoms with van der Waals surface area (Å²) in [6, 6.07) is 1.78. The minimum atomic E-state index is -0.264. The van der Waals surface area contributed by atoms with Crippen LogP contribution < -0.4 is 10.6 Å². The fourth-order valence-corrected chi connectivity index (χ4v) is 2.31. The fourth-order valence-electron chi connectivity index (χ4n) is 2.31. The summed E-state index contributed by atoms with van der Waals surface area (Å²) in [5.41, 5.74) is 5.76. The Morgan fingerprint density at radius 2 is 2.14 bits per heavy atom. The molecule has 0 radical (unpaired) electrons. The number of morpholine rings is 1. The summed E-state index contributed by atoms with van der Waals surface area (Å²) in [4.78, 5) is 14.6. The van der Waals surface area contributed by atoms with E-state index < -0.39 is 0 Å². The topological polar surface area (TPSA) is 115 Å². The zero-order valence-electron chi connectivity index (χ0n) is 11.6. The molecule has 1 fully saturated rings. The smallest absolute Gasteiger partial charge is 0.257 e. The van der Waals surface area contributed by atoms with Gasteiger partial charge < -0.3 is 20.5 Å². The second-order valence-electron chi connectivity index (χ2n) is 4.90. The highest BCUT2D eigenvalue weighted by atomic mass is 16.5. The van der Waals surface area contributed by atoms with Crippen LogP contribution in [0.15, 0.2) is 18.5 Å². The number of ether oxygens (including phenoxy) is 1. The summed E-state index contributed by atoms with van der Waals surface area (Å²) >= 11 is 0. The number of hydrogen-bond donors (Lipinski definition) is 2. The lowest BCUT2D eigenvalue weighted by Gasteiger charge is -2.36. The van der Waals surface area contributed by atoms with Gasteiger partial charge in [0.1, 0.15) is 0 Å². The van der Waals surface area contributed by atoms with Gasteiger partial charge in [-0.25, -0.2) is 4.68 Å². The third-order valence-corrected chi connectivity index (χ3v) is 3.15. The molecule has 0 saturated carbocycles. The van der Waals surface area contributed by atoms with Crippen molar-refractivity contribution in [3.63, 3.8) is 0 Å². The van der Waals surface area contributed by atoms with Crippen molar-refractivity contribution in [2.24, 2.45) is 0 Å². The van der Waals surface area contributed by atoms with Crippen molar-refractivity contribution in [3.05, 3.63) is 18.5 Å². The predicted octanol–water partition coefficient (Wildman–Crippen LogP) is -0.774. The SMILES string of the molecule is CC1CN(c2nc(N)nc(-n3cccn3)n2)CC(CO)O1. The van der Waals surface area contributed by atoms with Crippen molar-refractivity contribution in [2.75, 3.05) is 30.3 Å². The monoisotopic (exact) mass is 291 g/mol. The molecule has 9 heteroatoms. The van der Waals surface area contributed by atoms with Gasteiger partial charge in [0.05, 0.1) is 18.8 Å². The highest BCUT2D eigenvalue weighted by Crippen LogP contribution is 2.18. The molecule has 2 aromatic heterocycles. The van der Waals surface area contributed by atoms with Crippen LogP contribution in [0.3, 0.4) is 0 Å². The van der Waals surface area contributed by atoms with Gasteiger partial charge in [-0.15, -0.1) is 0 Å². The number of aromatic nitrogens is 5. The van der Waals surface area contributed by atoms with Gasteiger partial charge in [0.25, 0.3) is 5.95 Å². The van der Waals surface area contributed by atoms with E-state index in [0.29, 0.717) is 25.0 Å². The number of hydrogen-bond acceptors (Lipinski definition) is 8. The molecule has 3 N–H and O–H groups in total. The van der Waals surface area contributed by atoms with Crippen LogP contribution in [0, 0.1) is 0 Å². The van der Waals surface area contributed by atoms with E-state index in [4.69, 9.17) is 10.5 Å². The number of nitrogen functional groups attached to an aromatic ring is 1. The zero-order valence-corrected chi connectivity index (χ0v) is 11.6. The van der Waals surface area contributed by atoms with E-state index >= 15 is 0 Å². The second-order valence-corrected chi connectivity index (χ2v) is 4.90. The molecule has 0 spiro atoms. The largest absolute Gasteiger partial charge is 0.394 e. The third-order valence-electron chi connectivity index (χ3n) is 3.15. The molecule has 3 heterocycles. The molecule has 1 aliphatic rings. The summed E-state index contributed by atoms with van der Waals surface area (Å²) in [6.45, 7) is 3.02. The normalized spacial score (nSPS) is 22.5. The average molecular weight is 291 g/mol. The second kappa shape index (κ2) is 5.62. The van der Waals surface area contributed by atoms with E-state index in [1.54, 1.807) is 18.5 Å². The predicted molar refractivity (Wildman–Crippen MR) is 75.0 cm³/mol. The van der Waals surface area contributed by atoms with Gasteiger partial charge >= 0.3 is 0 Å². The lowest BCUT2D eigenvalue weighted by molar-refractivity contribution is -0.0425. The molecular weight excluding hydrogens is 274 g/mol. The average Bonchev–Trinajstić information content (AvgIpc) is 3.00. The third kappa shape index (κ3) is 2.93. The van der Waals surface area contributed by atoms with Crippen LogP contribution in [0.2, 0.25) is 0 Å². The Morgan fingerprint density at radius 1 is 1.33 bits per heavy atom. The Labute approximate surface area is 121 Å². The summed E-state index contributed by atoms with van der Waals surface area (Å²) in [6.07, 6.45) is 3.08. The number of nitrogens with zero attached hydrogens (tertiary/aromatic N) is 6. The first-order valence-corrected chi connectivity index (χ1v) is 6.68. The fraction of sp³-hybridized carbons (Fsp3) is 0.500. The molecule has 0 aromatic carbocycles. The van der Waals surface area contributed by atoms with Crippen molar-refractivity contribution in [3.8, 4) is 5.95 Å². The van der Waals surface area contributed by atoms with Crippen LogP contribution in [0.25, 0.3) is 5.95 Å². The first kappa shape index (κ1) is 13.7. The molecule has 21 heavy (non-hydrogen) atoms. The summed E-state index contributed by atoms with van der Waals surface area (Å²) in [5.74, 6) is 0.953. The molecule has 0 amide bonds. The Morgan fingerprint density at radius 3 is 2.86 bits per heavy atom. The van der Waals surface area contributed by atoms with Crippen molar-refractivity contribution >= 4 is 11.9 Å². The molecule has 3 rings (SSSR count). The maximum Gasteiger partial charge on any atom is 0.257 e. The minimum Gasteiger partial charge on any atom is -0.394 e. The lowest BCUT2D eigenvalue weighted by Crippen LogP contribution is -2.48. The van der Waals surface area contributed by atoms with Crippen molar-refractivity contribution in [2.45, 2.75) is 19.1 Å². The Hall–Kier alpha value is -2.26. The van der Waals surface area contributed by atoms with Gasteiger partial charge in [0, 0.05) is 25.5 Å². The molecule has 2 aromatic rings. The van der Waals surface area contributed by atoms with Gasteiger partial charge in [0.2, 0.25) is 11.9 Å². The molecular formula is C12H17N7O2. The van der Waals surface area contributed by atoms with E-state index in [-0.39, 0.29) is 24.8 Å². The standard InChI is InChI=1S/C12H17N7O2/c1-8-5-18(6-9(7-20)21-8)11-15-10(13)16-12(17-11)19-4-2-3-14-19/h2-4,8-9,20H,5-7H2,1H3,(H2,13,15,16,17). The van der Waals surface area contributed by atoms with Gasteiger partial charge in [-0.2, -0.15) is 20.1 Å². The molecule has 9 nitrogen and oxygen atoms in total. The zero-order chi connectivity index (χ0) is 14.8. The minimum absolute atomic E-state index is 0.0259. The summed E-state index contributed by atoms with van der Waals surface area (Å²) < 4.78 is 7.13. The van der Waals surface area contributed by atoms with Gasteiger partial charge in [-0.05, 0) is 13.0 Å². The van der Waals surface area contributed by atoms with E-state index in [1.165, 1.54) is 4.68 Å². The molecule has 0 bridgehead atoms. The Kier molecular flexibility index (Phi) is 3.67. The van der Waals surface area contributed by atoms with Crippen molar-refractivity contribution in [1.82, 2.24) is 24.7 Å². The Balaban J connectivity index is 1.91. The quantitative estimate of drug-likeness (QED) is 0.757. The Bertz CT molecular complexity index is 604. The van der Waals surface area contributed by atoms with E-state index in [0.717, 1.165) is 0 Å². The molecule has 0 aliphatic carbocycles. The number of rotatable bonds is 3. The van der Waals surface area contributed by atoms with Crippen LogP contribution in [0.5, 0.6) is 0 Å². The van der Waals surface area contributed by atoms with Gasteiger partial charge in [-0.1, -0.05) is 0 Å². The van der Waals surface area contributed by atoms with Crippen LogP contribution in [-0.2, 0) is 4.74 Å². The summed E-state index contributed by atoms with van der Waals surface area (Å²) in [5, 5.41) is 13.4. The van der Waals surface area contributed by atoms with Crippen LogP contribution in [0.1, 0.15) is 6.92 Å². The van der Waals surface area contributed by atoms with E-state index in [1.807, 2.05) is 11.8 Å². The molecule has 2 unspecified atom stereocenters. The molecule has 2 atom stereocenters. The van der Waals surface area contributed by atoms with Crippen LogP contribution in [0.4, 0.5) is 11.9 Å². The van der Waals surface area contributed by atoms with Crippen LogP contribution >= 0.6 is 0 Å². The number of aliphatic hydroxyl groups is 1. The number of anilines is 2. The highest BCUT2D eigenvalue weighted by Gasteiger charge is 2.27. The number of nitrogens with two attached hydrogens (primary N) is 1. The first-order valence-electron chi connectivity index (χ1n) is 6.68. The van der Waals surface area contributed by atoms with E-state index in [9.17, 15) is 5.11 Å². The first-order chi connectivity index (χ1) is 10.2. The van der Waals surface area contributed by atoms with Crippen molar-refractivity contribution < 1.29 is 9.84 Å². The van der Waals surface area contributed by atoms with Gasteiger partial charge in [-0.3, -0.25) is 0 Å². The maximum absolute atomic E-state index is 9.29. The number of aliphatic hydroxyl groups excluding tert-OH is 1. The molecule has 112 valence electrons. The highest BCUT2D eigenvalue weighted by molar-refractivity contribution is 5.38.